The van der Waals surface area contributed by atoms with Gasteiger partial charge in [-0.2, -0.15) is 0 Å². The van der Waals surface area contributed by atoms with Gasteiger partial charge in [0.2, 0.25) is 0 Å². The van der Waals surface area contributed by atoms with Crippen molar-refractivity contribution >= 4 is 0 Å². The van der Waals surface area contributed by atoms with Crippen molar-refractivity contribution in [2.45, 2.75) is 40.0 Å². The summed E-state index contributed by atoms with van der Waals surface area (Å²) in [4.78, 5) is 0. The van der Waals surface area contributed by atoms with Crippen molar-refractivity contribution in [2.24, 2.45) is 5.92 Å². The molecule has 0 bridgehead atoms. The maximum atomic E-state index is 5.49. The van der Waals surface area contributed by atoms with Crippen molar-refractivity contribution in [3.8, 4) is 5.75 Å². The van der Waals surface area contributed by atoms with Gasteiger partial charge in [0.1, 0.15) is 5.75 Å². The van der Waals surface area contributed by atoms with Crippen LogP contribution in [0.2, 0.25) is 0 Å². The SMILES string of the molecule is COc1ccc(C)cc1C(C)(C)CNCC(C)C. The van der Waals surface area contributed by atoms with Gasteiger partial charge in [-0.25, -0.2) is 0 Å². The Morgan fingerprint density at radius 1 is 1.28 bits per heavy atom. The zero-order valence-electron chi connectivity index (χ0n) is 12.6. The second kappa shape index (κ2) is 6.24. The molecule has 0 aromatic heterocycles. The van der Waals surface area contributed by atoms with Crippen molar-refractivity contribution < 1.29 is 4.74 Å². The van der Waals surface area contributed by atoms with E-state index in [1.165, 1.54) is 11.1 Å². The average Bonchev–Trinajstić information content (AvgIpc) is 2.28. The molecule has 1 N–H and O–H groups in total. The van der Waals surface area contributed by atoms with Crippen molar-refractivity contribution in [1.29, 1.82) is 0 Å². The van der Waals surface area contributed by atoms with Crippen LogP contribution >= 0.6 is 0 Å². The van der Waals surface area contributed by atoms with Gasteiger partial charge in [-0.3, -0.25) is 0 Å². The quantitative estimate of drug-likeness (QED) is 0.833. The second-order valence-electron chi connectivity index (χ2n) is 6.11. The van der Waals surface area contributed by atoms with Gasteiger partial charge in [0.25, 0.3) is 0 Å². The Morgan fingerprint density at radius 3 is 2.50 bits per heavy atom. The first-order valence-electron chi connectivity index (χ1n) is 6.72. The summed E-state index contributed by atoms with van der Waals surface area (Å²) < 4.78 is 5.49. The molecule has 0 spiro atoms. The van der Waals surface area contributed by atoms with Gasteiger partial charge in [0, 0.05) is 17.5 Å². The minimum atomic E-state index is 0.0756. The first kappa shape index (κ1) is 15.0. The Morgan fingerprint density at radius 2 is 1.94 bits per heavy atom. The normalized spacial score (nSPS) is 11.9. The van der Waals surface area contributed by atoms with Crippen LogP contribution in [0.25, 0.3) is 0 Å². The molecule has 0 aliphatic rings. The summed E-state index contributed by atoms with van der Waals surface area (Å²) in [6, 6.07) is 6.39. The van der Waals surface area contributed by atoms with E-state index in [-0.39, 0.29) is 5.41 Å². The molecule has 102 valence electrons. The Bertz CT molecular complexity index is 383. The first-order valence-corrected chi connectivity index (χ1v) is 6.72. The van der Waals surface area contributed by atoms with Gasteiger partial charge in [-0.1, -0.05) is 45.4 Å². The van der Waals surface area contributed by atoms with Crippen LogP contribution in [0.3, 0.4) is 0 Å². The molecular formula is C16H27NO. The number of aryl methyl sites for hydroxylation is 1. The Hall–Kier alpha value is -1.02. The summed E-state index contributed by atoms with van der Waals surface area (Å²) in [7, 11) is 1.74. The van der Waals surface area contributed by atoms with E-state index in [9.17, 15) is 0 Å². The maximum Gasteiger partial charge on any atom is 0.122 e. The van der Waals surface area contributed by atoms with E-state index >= 15 is 0 Å². The van der Waals surface area contributed by atoms with Gasteiger partial charge < -0.3 is 10.1 Å². The Labute approximate surface area is 112 Å². The minimum Gasteiger partial charge on any atom is -0.496 e. The van der Waals surface area contributed by atoms with E-state index in [0.717, 1.165) is 18.8 Å². The molecule has 0 radical (unpaired) electrons. The average molecular weight is 249 g/mol. The summed E-state index contributed by atoms with van der Waals surface area (Å²) in [5.74, 6) is 1.66. The van der Waals surface area contributed by atoms with Gasteiger partial charge in [-0.15, -0.1) is 0 Å². The molecule has 0 heterocycles. The molecule has 0 amide bonds. The number of hydrogen-bond donors (Lipinski definition) is 1. The highest BCUT2D eigenvalue weighted by Crippen LogP contribution is 2.31. The lowest BCUT2D eigenvalue weighted by molar-refractivity contribution is 0.382. The van der Waals surface area contributed by atoms with E-state index in [4.69, 9.17) is 4.74 Å². The first-order chi connectivity index (χ1) is 8.36. The minimum absolute atomic E-state index is 0.0756. The molecular weight excluding hydrogens is 222 g/mol. The number of benzene rings is 1. The summed E-state index contributed by atoms with van der Waals surface area (Å²) in [5.41, 5.74) is 2.63. The maximum absolute atomic E-state index is 5.49. The van der Waals surface area contributed by atoms with Crippen LogP contribution in [0.15, 0.2) is 18.2 Å². The number of nitrogens with one attached hydrogen (secondary N) is 1. The summed E-state index contributed by atoms with van der Waals surface area (Å²) in [5, 5.41) is 3.54. The van der Waals surface area contributed by atoms with Crippen LogP contribution in [-0.4, -0.2) is 20.2 Å². The summed E-state index contributed by atoms with van der Waals surface area (Å²) in [6.07, 6.45) is 0. The lowest BCUT2D eigenvalue weighted by atomic mass is 9.83. The molecule has 2 heteroatoms. The van der Waals surface area contributed by atoms with E-state index in [1.807, 2.05) is 0 Å². The van der Waals surface area contributed by atoms with E-state index in [2.05, 4.69) is 58.1 Å². The molecule has 0 unspecified atom stereocenters. The molecule has 0 fully saturated rings. The summed E-state index contributed by atoms with van der Waals surface area (Å²) >= 11 is 0. The number of rotatable bonds is 6. The molecule has 0 aliphatic heterocycles. The van der Waals surface area contributed by atoms with E-state index in [1.54, 1.807) is 7.11 Å². The summed E-state index contributed by atoms with van der Waals surface area (Å²) in [6.45, 7) is 13.1. The monoisotopic (exact) mass is 249 g/mol. The van der Waals surface area contributed by atoms with Crippen LogP contribution in [0.1, 0.15) is 38.8 Å². The van der Waals surface area contributed by atoms with Crippen molar-refractivity contribution in [3.63, 3.8) is 0 Å². The van der Waals surface area contributed by atoms with Gasteiger partial charge in [0.15, 0.2) is 0 Å². The molecule has 1 aromatic rings. The lowest BCUT2D eigenvalue weighted by Gasteiger charge is -2.28. The van der Waals surface area contributed by atoms with Crippen LogP contribution in [0.5, 0.6) is 5.75 Å². The smallest absolute Gasteiger partial charge is 0.122 e. The zero-order valence-corrected chi connectivity index (χ0v) is 12.6. The standard InChI is InChI=1S/C16H27NO/c1-12(2)10-17-11-16(4,5)14-9-13(3)7-8-15(14)18-6/h7-9,12,17H,10-11H2,1-6H3. The third kappa shape index (κ3) is 4.02. The lowest BCUT2D eigenvalue weighted by Crippen LogP contribution is -2.35. The number of ether oxygens (including phenoxy) is 1. The van der Waals surface area contributed by atoms with Gasteiger partial charge in [0.05, 0.1) is 7.11 Å². The molecule has 18 heavy (non-hydrogen) atoms. The highest BCUT2D eigenvalue weighted by atomic mass is 16.5. The van der Waals surface area contributed by atoms with Crippen molar-refractivity contribution in [2.75, 3.05) is 20.2 Å². The predicted molar refractivity (Wildman–Crippen MR) is 78.5 cm³/mol. The highest BCUT2D eigenvalue weighted by molar-refractivity contribution is 5.41. The predicted octanol–water partition coefficient (Wildman–Crippen LogP) is 3.53. The van der Waals surface area contributed by atoms with E-state index in [0.29, 0.717) is 5.92 Å². The Kier molecular flexibility index (Phi) is 5.21. The molecule has 1 rings (SSSR count). The van der Waals surface area contributed by atoms with Crippen LogP contribution in [0.4, 0.5) is 0 Å². The van der Waals surface area contributed by atoms with Crippen molar-refractivity contribution in [3.05, 3.63) is 29.3 Å². The van der Waals surface area contributed by atoms with E-state index < -0.39 is 0 Å². The van der Waals surface area contributed by atoms with Crippen LogP contribution in [0, 0.1) is 12.8 Å². The molecule has 1 aromatic carbocycles. The Balaban J connectivity index is 2.85. The second-order valence-corrected chi connectivity index (χ2v) is 6.11. The molecule has 0 aliphatic carbocycles. The fraction of sp³-hybridized carbons (Fsp3) is 0.625. The van der Waals surface area contributed by atoms with Crippen LogP contribution in [-0.2, 0) is 5.41 Å². The van der Waals surface area contributed by atoms with Gasteiger partial charge in [-0.05, 0) is 25.5 Å². The van der Waals surface area contributed by atoms with Gasteiger partial charge >= 0.3 is 0 Å². The zero-order chi connectivity index (χ0) is 13.8. The fourth-order valence-electron chi connectivity index (χ4n) is 2.12. The van der Waals surface area contributed by atoms with Crippen LogP contribution < -0.4 is 10.1 Å². The number of methoxy groups -OCH3 is 1. The molecule has 2 nitrogen and oxygen atoms in total. The molecule has 0 atom stereocenters. The highest BCUT2D eigenvalue weighted by Gasteiger charge is 2.24. The number of hydrogen-bond acceptors (Lipinski definition) is 2. The fourth-order valence-corrected chi connectivity index (χ4v) is 2.12. The largest absolute Gasteiger partial charge is 0.496 e. The van der Waals surface area contributed by atoms with Crippen molar-refractivity contribution in [1.82, 2.24) is 5.32 Å². The molecule has 0 saturated heterocycles. The third-order valence-electron chi connectivity index (χ3n) is 3.20. The topological polar surface area (TPSA) is 21.3 Å². The molecule has 0 saturated carbocycles. The third-order valence-corrected chi connectivity index (χ3v) is 3.20.